The summed E-state index contributed by atoms with van der Waals surface area (Å²) in [6.07, 6.45) is 0.744. The second kappa shape index (κ2) is 10.1. The lowest BCUT2D eigenvalue weighted by molar-refractivity contribution is 0.0300. The van der Waals surface area contributed by atoms with Crippen molar-refractivity contribution in [3.63, 3.8) is 0 Å². The van der Waals surface area contributed by atoms with Crippen molar-refractivity contribution in [1.29, 1.82) is 0 Å². The van der Waals surface area contributed by atoms with Crippen LogP contribution in [0.25, 0.3) is 0 Å². The number of piperidine rings is 1. The molecule has 3 atom stereocenters. The number of ether oxygens (including phenoxy) is 1. The second-order valence-electron chi connectivity index (χ2n) is 7.13. The molecule has 0 radical (unpaired) electrons. The van der Waals surface area contributed by atoms with Crippen molar-refractivity contribution in [3.05, 3.63) is 0 Å². The van der Waals surface area contributed by atoms with Crippen LogP contribution >= 0.6 is 0 Å². The lowest BCUT2D eigenvalue weighted by Gasteiger charge is -2.37. The van der Waals surface area contributed by atoms with Gasteiger partial charge in [-0.2, -0.15) is 0 Å². The molecule has 1 aliphatic heterocycles. The van der Waals surface area contributed by atoms with Gasteiger partial charge in [0.1, 0.15) is 0 Å². The molecule has 0 aromatic rings. The number of hydrogen-bond acceptors (Lipinski definition) is 3. The fourth-order valence-corrected chi connectivity index (χ4v) is 2.95. The van der Waals surface area contributed by atoms with Crippen molar-refractivity contribution in [1.82, 2.24) is 10.2 Å². The minimum absolute atomic E-state index is 0.355. The molecule has 0 aromatic carbocycles. The third-order valence-corrected chi connectivity index (χ3v) is 3.72. The fraction of sp³-hybridized carbons (Fsp3) is 0.941. The lowest BCUT2D eigenvalue weighted by atomic mass is 9.92. The van der Waals surface area contributed by atoms with Crippen molar-refractivity contribution < 1.29 is 9.84 Å². The summed E-state index contributed by atoms with van der Waals surface area (Å²) in [4.78, 5) is 6.93. The van der Waals surface area contributed by atoms with Crippen LogP contribution in [0.3, 0.4) is 0 Å². The van der Waals surface area contributed by atoms with Crippen LogP contribution in [0.2, 0.25) is 0 Å². The van der Waals surface area contributed by atoms with Crippen LogP contribution in [0.1, 0.15) is 41.0 Å². The number of likely N-dealkylation sites (tertiary alicyclic amines) is 1. The Labute approximate surface area is 136 Å². The van der Waals surface area contributed by atoms with Crippen LogP contribution in [-0.2, 0) is 4.74 Å². The number of aliphatic hydroxyl groups excluding tert-OH is 1. The van der Waals surface area contributed by atoms with E-state index in [0.717, 1.165) is 25.6 Å². The summed E-state index contributed by atoms with van der Waals surface area (Å²) in [7, 11) is 0. The number of guanidine groups is 1. The maximum atomic E-state index is 10.0. The van der Waals surface area contributed by atoms with Gasteiger partial charge in [-0.15, -0.1) is 0 Å². The largest absolute Gasteiger partial charge is 0.389 e. The van der Waals surface area contributed by atoms with Crippen LogP contribution in [0.5, 0.6) is 0 Å². The van der Waals surface area contributed by atoms with Crippen molar-refractivity contribution in [2.24, 2.45) is 22.7 Å². The topological polar surface area (TPSA) is 57.1 Å². The molecule has 2 N–H and O–H groups in total. The second-order valence-corrected chi connectivity index (χ2v) is 7.13. The van der Waals surface area contributed by atoms with E-state index in [2.05, 4.69) is 49.8 Å². The van der Waals surface area contributed by atoms with Gasteiger partial charge in [-0.05, 0) is 31.1 Å². The first-order chi connectivity index (χ1) is 10.4. The number of hydrogen-bond donors (Lipinski definition) is 2. The summed E-state index contributed by atoms with van der Waals surface area (Å²) in [5, 5.41) is 13.4. The summed E-state index contributed by atoms with van der Waals surface area (Å²) < 4.78 is 5.48. The molecular formula is C17H35N3O2. The van der Waals surface area contributed by atoms with Crippen LogP contribution < -0.4 is 5.32 Å². The average molecular weight is 313 g/mol. The minimum Gasteiger partial charge on any atom is -0.389 e. The van der Waals surface area contributed by atoms with Gasteiger partial charge in [-0.3, -0.25) is 4.99 Å². The maximum Gasteiger partial charge on any atom is 0.194 e. The van der Waals surface area contributed by atoms with E-state index >= 15 is 0 Å². The smallest absolute Gasteiger partial charge is 0.194 e. The molecule has 0 bridgehead atoms. The third kappa shape index (κ3) is 7.45. The predicted molar refractivity (Wildman–Crippen MR) is 92.2 cm³/mol. The summed E-state index contributed by atoms with van der Waals surface area (Å²) in [5.41, 5.74) is 0. The van der Waals surface area contributed by atoms with Crippen LogP contribution in [0.15, 0.2) is 4.99 Å². The van der Waals surface area contributed by atoms with E-state index in [1.54, 1.807) is 0 Å². The van der Waals surface area contributed by atoms with Gasteiger partial charge in [0.2, 0.25) is 0 Å². The first-order valence-corrected chi connectivity index (χ1v) is 8.71. The standard InChI is InChI=1S/C17H35N3O2/c1-6-18-17(20-9-14(4)7-15(5)10-20)19-8-16(21)12-22-11-13(2)3/h13-16,21H,6-12H2,1-5H3,(H,18,19). The van der Waals surface area contributed by atoms with E-state index in [1.165, 1.54) is 6.42 Å². The van der Waals surface area contributed by atoms with Gasteiger partial charge in [0, 0.05) is 26.2 Å². The number of rotatable bonds is 7. The van der Waals surface area contributed by atoms with Crippen molar-refractivity contribution in [2.45, 2.75) is 47.1 Å². The zero-order chi connectivity index (χ0) is 16.5. The fourth-order valence-electron chi connectivity index (χ4n) is 2.95. The molecule has 5 nitrogen and oxygen atoms in total. The molecule has 5 heteroatoms. The molecule has 3 unspecified atom stereocenters. The summed E-state index contributed by atoms with van der Waals surface area (Å²) >= 11 is 0. The van der Waals surface area contributed by atoms with Gasteiger partial charge in [-0.1, -0.05) is 27.7 Å². The van der Waals surface area contributed by atoms with Crippen LogP contribution in [0, 0.1) is 17.8 Å². The number of nitrogens with zero attached hydrogens (tertiary/aromatic N) is 2. The highest BCUT2D eigenvalue weighted by Crippen LogP contribution is 2.20. The van der Waals surface area contributed by atoms with Gasteiger partial charge >= 0.3 is 0 Å². The zero-order valence-corrected chi connectivity index (χ0v) is 15.0. The number of nitrogens with one attached hydrogen (secondary N) is 1. The molecular weight excluding hydrogens is 278 g/mol. The van der Waals surface area contributed by atoms with Gasteiger partial charge in [0.05, 0.1) is 19.3 Å². The summed E-state index contributed by atoms with van der Waals surface area (Å²) in [6, 6.07) is 0. The van der Waals surface area contributed by atoms with E-state index in [1.807, 2.05) is 0 Å². The Kier molecular flexibility index (Phi) is 8.79. The molecule has 1 heterocycles. The number of aliphatic imine (C=N–C) groups is 1. The van der Waals surface area contributed by atoms with Gasteiger partial charge in [-0.25, -0.2) is 0 Å². The van der Waals surface area contributed by atoms with Gasteiger partial charge in [0.15, 0.2) is 5.96 Å². The lowest BCUT2D eigenvalue weighted by Crippen LogP contribution is -2.48. The first-order valence-electron chi connectivity index (χ1n) is 8.71. The molecule has 1 rings (SSSR count). The molecule has 1 saturated heterocycles. The molecule has 0 spiro atoms. The summed E-state index contributed by atoms with van der Waals surface area (Å²) in [5.74, 6) is 2.78. The van der Waals surface area contributed by atoms with E-state index in [-0.39, 0.29) is 0 Å². The quantitative estimate of drug-likeness (QED) is 0.557. The van der Waals surface area contributed by atoms with E-state index < -0.39 is 6.10 Å². The number of aliphatic hydroxyl groups is 1. The predicted octanol–water partition coefficient (Wildman–Crippen LogP) is 1.96. The first kappa shape index (κ1) is 19.2. The SMILES string of the molecule is CCNC(=NCC(O)COCC(C)C)N1CC(C)CC(C)C1. The minimum atomic E-state index is -0.535. The van der Waals surface area contributed by atoms with Gasteiger partial charge in [0.25, 0.3) is 0 Å². The Morgan fingerprint density at radius 2 is 1.91 bits per heavy atom. The van der Waals surface area contributed by atoms with Crippen molar-refractivity contribution in [3.8, 4) is 0 Å². The molecule has 0 aliphatic carbocycles. The summed E-state index contributed by atoms with van der Waals surface area (Å²) in [6.45, 7) is 15.2. The molecule has 130 valence electrons. The molecule has 0 amide bonds. The Balaban J connectivity index is 2.50. The van der Waals surface area contributed by atoms with Crippen molar-refractivity contribution in [2.75, 3.05) is 39.4 Å². The molecule has 1 fully saturated rings. The highest BCUT2D eigenvalue weighted by Gasteiger charge is 2.24. The molecule has 0 saturated carbocycles. The van der Waals surface area contributed by atoms with E-state index in [4.69, 9.17) is 4.74 Å². The monoisotopic (exact) mass is 313 g/mol. The maximum absolute atomic E-state index is 10.0. The Morgan fingerprint density at radius 3 is 2.45 bits per heavy atom. The normalized spacial score (nSPS) is 24.7. The highest BCUT2D eigenvalue weighted by atomic mass is 16.5. The Hall–Kier alpha value is -0.810. The average Bonchev–Trinajstić information content (AvgIpc) is 2.41. The van der Waals surface area contributed by atoms with Crippen molar-refractivity contribution >= 4 is 5.96 Å². The molecule has 1 aliphatic rings. The zero-order valence-electron chi connectivity index (χ0n) is 15.0. The van der Waals surface area contributed by atoms with Gasteiger partial charge < -0.3 is 20.1 Å². The molecule has 22 heavy (non-hydrogen) atoms. The third-order valence-electron chi connectivity index (χ3n) is 3.72. The highest BCUT2D eigenvalue weighted by molar-refractivity contribution is 5.80. The van der Waals surface area contributed by atoms with Crippen LogP contribution in [0.4, 0.5) is 0 Å². The Bertz CT molecular complexity index is 324. The van der Waals surface area contributed by atoms with Crippen LogP contribution in [-0.4, -0.2) is 61.5 Å². The Morgan fingerprint density at radius 1 is 1.27 bits per heavy atom. The van der Waals surface area contributed by atoms with E-state index in [9.17, 15) is 5.11 Å². The molecule has 0 aromatic heterocycles. The van der Waals surface area contributed by atoms with E-state index in [0.29, 0.717) is 37.5 Å².